The fourth-order valence-electron chi connectivity index (χ4n) is 10.9. The SMILES string of the molecule is CCn1c(-c2cccnc2C(C)C)c2c3cc(ccc31)-c1cccc(c1)C[C@H](NC(=O)[C@H](C(C)C)N(C)C(=O)N1CCC13CN(C(=O)C#CC(C)(C)N(C)C)C3)C(=O)N1CCC[C@H](N1)C(=O)OCC(C)(C)C2. The molecule has 15 heteroatoms. The Morgan fingerprint density at radius 3 is 2.39 bits per heavy atom. The maximum Gasteiger partial charge on any atom is 0.324 e. The number of benzene rings is 2. The number of rotatable bonds is 8. The van der Waals surface area contributed by atoms with Gasteiger partial charge in [-0.25, -0.2) is 10.2 Å². The van der Waals surface area contributed by atoms with E-state index in [1.54, 1.807) is 16.8 Å². The summed E-state index contributed by atoms with van der Waals surface area (Å²) in [6, 6.07) is 15.8. The molecule has 4 aliphatic heterocycles. The summed E-state index contributed by atoms with van der Waals surface area (Å²) < 4.78 is 8.54. The third-order valence-corrected chi connectivity index (χ3v) is 15.5. The van der Waals surface area contributed by atoms with Gasteiger partial charge in [0.1, 0.15) is 18.1 Å². The first-order valence-electron chi connectivity index (χ1n) is 25.8. The van der Waals surface area contributed by atoms with E-state index >= 15 is 0 Å². The van der Waals surface area contributed by atoms with Crippen molar-refractivity contribution < 1.29 is 28.7 Å². The molecule has 0 radical (unpaired) electrons. The Balaban J connectivity index is 1.11. The summed E-state index contributed by atoms with van der Waals surface area (Å²) in [5.74, 6) is 4.17. The number of nitrogens with zero attached hydrogens (tertiary/aromatic N) is 7. The lowest BCUT2D eigenvalue weighted by atomic mass is 9.77. The maximum atomic E-state index is 14.8. The molecule has 6 bridgehead atoms. The number of ether oxygens (including phenoxy) is 1. The standard InChI is InChI=1S/C57H75N9O6/c1-13-64-46-22-21-40-31-42(46)43(50(64)41-19-15-26-58-48(41)36(2)3)32-55(6,7)35-72-53(70)44-20-16-27-66(60-44)52(69)45(30-38-17-14-18-39(40)29-38)59-51(68)49(37(4)5)62(12)54(71)65-28-25-57(65)33-63(34-57)47(67)23-24-56(8,9)61(10)11/h14-15,17-19,21-22,26,29,31,36-37,44-45,49,60H,13,16,20,25,27-28,30,32-35H2,1-12H3,(H,59,68)/t44-,45-,49-/m0/s1. The number of amides is 5. The van der Waals surface area contributed by atoms with Crippen LogP contribution in [0.15, 0.2) is 60.8 Å². The van der Waals surface area contributed by atoms with E-state index in [1.807, 2.05) is 71.1 Å². The molecule has 2 aromatic carbocycles. The quantitative estimate of drug-likeness (QED) is 0.142. The Hall–Kier alpha value is -6.24. The van der Waals surface area contributed by atoms with Crippen LogP contribution < -0.4 is 10.7 Å². The zero-order valence-electron chi connectivity index (χ0n) is 44.5. The van der Waals surface area contributed by atoms with Gasteiger partial charge < -0.3 is 29.3 Å². The number of carbonyl (C=O) groups excluding carboxylic acids is 5. The first kappa shape index (κ1) is 52.1. The van der Waals surface area contributed by atoms with Crippen molar-refractivity contribution in [2.45, 2.75) is 136 Å². The number of aromatic nitrogens is 2. The van der Waals surface area contributed by atoms with E-state index in [4.69, 9.17) is 9.72 Å². The molecule has 4 aliphatic rings. The van der Waals surface area contributed by atoms with Gasteiger partial charge in [0.25, 0.3) is 11.8 Å². The molecule has 8 rings (SSSR count). The predicted molar refractivity (Wildman–Crippen MR) is 280 cm³/mol. The number of fused-ring (bicyclic) bond motifs is 6. The minimum absolute atomic E-state index is 0.152. The number of esters is 1. The van der Waals surface area contributed by atoms with Crippen LogP contribution >= 0.6 is 0 Å². The minimum Gasteiger partial charge on any atom is -0.464 e. The van der Waals surface area contributed by atoms with E-state index in [9.17, 15) is 24.0 Å². The lowest BCUT2D eigenvalue weighted by Crippen LogP contribution is -2.79. The Labute approximate surface area is 425 Å². The number of likely N-dealkylation sites (tertiary alicyclic amines) is 2. The molecular weight excluding hydrogens is 907 g/mol. The number of pyridine rings is 1. The van der Waals surface area contributed by atoms with E-state index in [0.29, 0.717) is 45.4 Å². The van der Waals surface area contributed by atoms with Gasteiger partial charge in [0.2, 0.25) is 5.91 Å². The normalized spacial score (nSPS) is 20.3. The van der Waals surface area contributed by atoms with Crippen LogP contribution in [0.5, 0.6) is 0 Å². The van der Waals surface area contributed by atoms with Crippen molar-refractivity contribution in [2.24, 2.45) is 11.3 Å². The van der Waals surface area contributed by atoms with E-state index in [2.05, 4.69) is 98.2 Å². The highest BCUT2D eigenvalue weighted by molar-refractivity contribution is 5.97. The van der Waals surface area contributed by atoms with Gasteiger partial charge >= 0.3 is 12.0 Å². The number of hydrogen-bond acceptors (Lipinski definition) is 9. The van der Waals surface area contributed by atoms with Gasteiger partial charge in [0.15, 0.2) is 0 Å². The summed E-state index contributed by atoms with van der Waals surface area (Å²) in [6.45, 7) is 20.9. The molecule has 0 saturated carbocycles. The molecule has 3 atom stereocenters. The van der Waals surface area contributed by atoms with Crippen molar-refractivity contribution in [3.05, 3.63) is 77.6 Å². The molecule has 72 heavy (non-hydrogen) atoms. The molecule has 3 saturated heterocycles. The van der Waals surface area contributed by atoms with E-state index in [-0.39, 0.29) is 36.8 Å². The van der Waals surface area contributed by atoms with Gasteiger partial charge in [-0.3, -0.25) is 34.1 Å². The van der Waals surface area contributed by atoms with Crippen LogP contribution in [0.4, 0.5) is 4.79 Å². The summed E-state index contributed by atoms with van der Waals surface area (Å²) in [4.78, 5) is 82.8. The fourth-order valence-corrected chi connectivity index (χ4v) is 10.9. The van der Waals surface area contributed by atoms with Gasteiger partial charge in [0, 0.05) is 74.3 Å². The Kier molecular flexibility index (Phi) is 14.7. The van der Waals surface area contributed by atoms with Crippen LogP contribution in [0.1, 0.15) is 104 Å². The first-order chi connectivity index (χ1) is 34.0. The highest BCUT2D eigenvalue weighted by Crippen LogP contribution is 2.43. The third kappa shape index (κ3) is 10.2. The lowest BCUT2D eigenvalue weighted by molar-refractivity contribution is -0.155. The highest BCUT2D eigenvalue weighted by Gasteiger charge is 2.57. The average molecular weight is 982 g/mol. The molecule has 384 valence electrons. The molecule has 4 aromatic rings. The topological polar surface area (TPSA) is 153 Å². The maximum absolute atomic E-state index is 14.8. The molecule has 1 spiro atoms. The number of nitrogens with one attached hydrogen (secondary N) is 2. The highest BCUT2D eigenvalue weighted by atomic mass is 16.5. The van der Waals surface area contributed by atoms with Crippen LogP contribution in [0, 0.1) is 23.2 Å². The number of likely N-dealkylation sites (N-methyl/N-ethyl adjacent to an activating group) is 1. The predicted octanol–water partition coefficient (Wildman–Crippen LogP) is 6.87. The number of cyclic esters (lactones) is 1. The molecule has 2 N–H and O–H groups in total. The van der Waals surface area contributed by atoms with Gasteiger partial charge in [-0.05, 0) is 125 Å². The molecule has 0 unspecified atom stereocenters. The number of hydrogen-bond donors (Lipinski definition) is 2. The van der Waals surface area contributed by atoms with Crippen molar-refractivity contribution in [1.29, 1.82) is 0 Å². The summed E-state index contributed by atoms with van der Waals surface area (Å²) in [5.41, 5.74) is 10.0. The minimum atomic E-state index is -1.05. The summed E-state index contributed by atoms with van der Waals surface area (Å²) >= 11 is 0. The van der Waals surface area contributed by atoms with Crippen LogP contribution in [-0.2, 0) is 43.3 Å². The monoisotopic (exact) mass is 982 g/mol. The second-order valence-electron chi connectivity index (χ2n) is 22.7. The number of carbonyl (C=O) groups is 5. The molecule has 0 aliphatic carbocycles. The molecule has 15 nitrogen and oxygen atoms in total. The first-order valence-corrected chi connectivity index (χ1v) is 25.8. The van der Waals surface area contributed by atoms with Crippen LogP contribution in [-0.4, -0.2) is 147 Å². The van der Waals surface area contributed by atoms with Gasteiger partial charge in [-0.15, -0.1) is 0 Å². The fraction of sp³-hybridized carbons (Fsp3) is 0.544. The molecule has 3 fully saturated rings. The van der Waals surface area contributed by atoms with E-state index < -0.39 is 52.4 Å². The molecule has 2 aromatic heterocycles. The van der Waals surface area contributed by atoms with Crippen molar-refractivity contribution in [1.82, 2.24) is 44.9 Å². The Morgan fingerprint density at radius 1 is 0.986 bits per heavy atom. The zero-order chi connectivity index (χ0) is 52.0. The number of hydrazine groups is 1. The van der Waals surface area contributed by atoms with Crippen LogP contribution in [0.2, 0.25) is 0 Å². The van der Waals surface area contributed by atoms with Crippen molar-refractivity contribution in [3.63, 3.8) is 0 Å². The number of urea groups is 1. The lowest BCUT2D eigenvalue weighted by Gasteiger charge is -2.62. The molecular formula is C57H75N9O6. The Morgan fingerprint density at radius 2 is 1.72 bits per heavy atom. The van der Waals surface area contributed by atoms with Crippen molar-refractivity contribution >= 4 is 40.6 Å². The second-order valence-corrected chi connectivity index (χ2v) is 22.7. The van der Waals surface area contributed by atoms with Crippen molar-refractivity contribution in [3.8, 4) is 34.2 Å². The Bertz CT molecular complexity index is 2810. The summed E-state index contributed by atoms with van der Waals surface area (Å²) in [5, 5.41) is 5.67. The van der Waals surface area contributed by atoms with Crippen LogP contribution in [0.25, 0.3) is 33.3 Å². The summed E-state index contributed by atoms with van der Waals surface area (Å²) in [6.07, 6.45) is 4.40. The van der Waals surface area contributed by atoms with Gasteiger partial charge in [-0.1, -0.05) is 77.8 Å². The number of aryl methyl sites for hydroxylation is 1. The largest absolute Gasteiger partial charge is 0.464 e. The second kappa shape index (κ2) is 20.3. The smallest absolute Gasteiger partial charge is 0.324 e. The third-order valence-electron chi connectivity index (χ3n) is 15.5. The van der Waals surface area contributed by atoms with Crippen LogP contribution in [0.3, 0.4) is 0 Å². The van der Waals surface area contributed by atoms with E-state index in [0.717, 1.165) is 57.5 Å². The van der Waals surface area contributed by atoms with Gasteiger partial charge in [-0.2, -0.15) is 0 Å². The molecule has 6 heterocycles. The van der Waals surface area contributed by atoms with Gasteiger partial charge in [0.05, 0.1) is 29.1 Å². The van der Waals surface area contributed by atoms with Crippen molar-refractivity contribution in [2.75, 3.05) is 53.9 Å². The zero-order valence-corrected chi connectivity index (χ0v) is 44.5. The average Bonchev–Trinajstić information content (AvgIpc) is 3.62. The summed E-state index contributed by atoms with van der Waals surface area (Å²) in [7, 11) is 5.47. The molecule has 5 amide bonds. The van der Waals surface area contributed by atoms with E-state index in [1.165, 1.54) is 15.5 Å².